The Morgan fingerprint density at radius 1 is 1.06 bits per heavy atom. The third-order valence-corrected chi connectivity index (χ3v) is 13.3. The fraction of sp³-hybridized carbons (Fsp3) is 0.806. The van der Waals surface area contributed by atoms with E-state index in [0.717, 1.165) is 31.6 Å². The molecule has 192 valence electrons. The Kier molecular flexibility index (Phi) is 4.87. The molecule has 1 heterocycles. The van der Waals surface area contributed by atoms with Gasteiger partial charge in [-0.2, -0.15) is 0 Å². The van der Waals surface area contributed by atoms with E-state index in [9.17, 15) is 4.79 Å². The highest BCUT2D eigenvalue weighted by Crippen LogP contribution is 2.74. The minimum Gasteiger partial charge on any atom is -0.361 e. The van der Waals surface area contributed by atoms with Crippen LogP contribution in [0.5, 0.6) is 0 Å². The number of aromatic nitrogens is 1. The van der Waals surface area contributed by atoms with Crippen molar-refractivity contribution in [3.8, 4) is 0 Å². The fourth-order valence-corrected chi connectivity index (χ4v) is 11.0. The van der Waals surface area contributed by atoms with Crippen molar-refractivity contribution in [1.82, 2.24) is 5.16 Å². The third kappa shape index (κ3) is 2.68. The standard InChI is InChI=1S/C31H46N2O2/c1-18-8-11-31(17-32)13-12-30(7)25(24(31)19(18)2)21(34)14-23-28(5)15-20-16-33-35-26(20)27(3,4)22(28)9-10-29(23,30)6/h14,16,18-19,22,24-25H,8-13,15,17,32H2,1-7H3/t18-,19+,22+,24+,25-,28+,29-,30-,31-/m1/s1. The molecular formula is C31H46N2O2. The molecule has 0 radical (unpaired) electrons. The van der Waals surface area contributed by atoms with Gasteiger partial charge in [-0.15, -0.1) is 0 Å². The highest BCUT2D eigenvalue weighted by atomic mass is 16.5. The van der Waals surface area contributed by atoms with Crippen molar-refractivity contribution in [3.63, 3.8) is 0 Å². The van der Waals surface area contributed by atoms with Crippen molar-refractivity contribution >= 4 is 5.78 Å². The first-order valence-corrected chi connectivity index (χ1v) is 14.3. The van der Waals surface area contributed by atoms with Gasteiger partial charge in [-0.05, 0) is 103 Å². The second-order valence-electron chi connectivity index (χ2n) is 14.7. The molecule has 1 aromatic rings. The number of nitrogens with zero attached hydrogens (tertiary/aromatic N) is 1. The number of carbonyl (C=O) groups is 1. The summed E-state index contributed by atoms with van der Waals surface area (Å²) in [6, 6.07) is 0. The smallest absolute Gasteiger partial charge is 0.159 e. The Hall–Kier alpha value is -1.42. The van der Waals surface area contributed by atoms with Crippen LogP contribution < -0.4 is 5.73 Å². The van der Waals surface area contributed by atoms with Crippen molar-refractivity contribution in [2.24, 2.45) is 57.0 Å². The van der Waals surface area contributed by atoms with Crippen LogP contribution in [0.2, 0.25) is 0 Å². The van der Waals surface area contributed by atoms with Gasteiger partial charge in [0, 0.05) is 16.9 Å². The van der Waals surface area contributed by atoms with E-state index in [2.05, 4.69) is 59.7 Å². The Morgan fingerprint density at radius 2 is 1.80 bits per heavy atom. The number of allylic oxidation sites excluding steroid dienone is 2. The van der Waals surface area contributed by atoms with E-state index in [0.29, 0.717) is 29.5 Å². The Bertz CT molecular complexity index is 1100. The summed E-state index contributed by atoms with van der Waals surface area (Å²) in [5, 5.41) is 4.21. The highest BCUT2D eigenvalue weighted by Gasteiger charge is 2.70. The molecule has 0 amide bonds. The maximum atomic E-state index is 14.4. The summed E-state index contributed by atoms with van der Waals surface area (Å²) in [5.74, 6) is 3.60. The predicted octanol–water partition coefficient (Wildman–Crippen LogP) is 6.48. The minimum absolute atomic E-state index is 0.0180. The maximum absolute atomic E-state index is 14.4. The molecule has 3 fully saturated rings. The summed E-state index contributed by atoms with van der Waals surface area (Å²) >= 11 is 0. The SMILES string of the molecule is C[C@@H]1[C@H]2[C@H]3C(=O)C=C4[C@@]5(C)Cc6cnoc6C(C)(C)[C@@H]5CC[C@@]4(C)[C@]3(C)CC[C@@]2(CN)CC[C@H]1C. The van der Waals surface area contributed by atoms with Crippen LogP contribution in [0.3, 0.4) is 0 Å². The average molecular weight is 479 g/mol. The first-order valence-electron chi connectivity index (χ1n) is 14.3. The molecule has 0 aliphatic heterocycles. The summed E-state index contributed by atoms with van der Waals surface area (Å²) in [6.07, 6.45) is 12.1. The topological polar surface area (TPSA) is 69.1 Å². The lowest BCUT2D eigenvalue weighted by atomic mass is 9.33. The van der Waals surface area contributed by atoms with E-state index < -0.39 is 0 Å². The van der Waals surface area contributed by atoms with Gasteiger partial charge in [0.2, 0.25) is 0 Å². The molecule has 4 nitrogen and oxygen atoms in total. The van der Waals surface area contributed by atoms with Gasteiger partial charge < -0.3 is 10.3 Å². The summed E-state index contributed by atoms with van der Waals surface area (Å²) in [6.45, 7) is 17.7. The molecule has 9 atom stereocenters. The van der Waals surface area contributed by atoms with Gasteiger partial charge in [-0.3, -0.25) is 4.79 Å². The van der Waals surface area contributed by atoms with Crippen molar-refractivity contribution in [2.75, 3.05) is 6.54 Å². The van der Waals surface area contributed by atoms with Gasteiger partial charge in [-0.1, -0.05) is 59.2 Å². The predicted molar refractivity (Wildman–Crippen MR) is 139 cm³/mol. The van der Waals surface area contributed by atoms with E-state index in [4.69, 9.17) is 10.3 Å². The molecule has 0 aromatic carbocycles. The van der Waals surface area contributed by atoms with Crippen LogP contribution in [0.25, 0.3) is 0 Å². The molecule has 5 aliphatic rings. The maximum Gasteiger partial charge on any atom is 0.159 e. The van der Waals surface area contributed by atoms with E-state index in [1.165, 1.54) is 36.8 Å². The Balaban J connectivity index is 1.52. The van der Waals surface area contributed by atoms with Crippen LogP contribution in [0.15, 0.2) is 22.4 Å². The fourth-order valence-electron chi connectivity index (χ4n) is 11.0. The molecule has 0 bridgehead atoms. The molecule has 35 heavy (non-hydrogen) atoms. The molecule has 3 saturated carbocycles. The number of fused-ring (bicyclic) bond motifs is 8. The van der Waals surface area contributed by atoms with Gasteiger partial charge >= 0.3 is 0 Å². The molecule has 0 saturated heterocycles. The molecule has 1 aromatic heterocycles. The van der Waals surface area contributed by atoms with Crippen LogP contribution in [-0.4, -0.2) is 17.5 Å². The zero-order valence-corrected chi connectivity index (χ0v) is 23.0. The highest BCUT2D eigenvalue weighted by molar-refractivity contribution is 5.95. The van der Waals surface area contributed by atoms with E-state index >= 15 is 0 Å². The monoisotopic (exact) mass is 478 g/mol. The first-order chi connectivity index (χ1) is 16.4. The summed E-state index contributed by atoms with van der Waals surface area (Å²) in [5.41, 5.74) is 9.24. The lowest BCUT2D eigenvalue weighted by molar-refractivity contribution is -0.175. The largest absolute Gasteiger partial charge is 0.361 e. The Morgan fingerprint density at radius 3 is 2.51 bits per heavy atom. The second-order valence-corrected chi connectivity index (χ2v) is 14.7. The van der Waals surface area contributed by atoms with Crippen molar-refractivity contribution in [2.45, 2.75) is 98.8 Å². The van der Waals surface area contributed by atoms with Gasteiger partial charge in [0.15, 0.2) is 5.78 Å². The normalized spacial score (nSPS) is 50.2. The number of hydrogen-bond acceptors (Lipinski definition) is 4. The molecular weight excluding hydrogens is 432 g/mol. The zero-order chi connectivity index (χ0) is 25.2. The lowest BCUT2D eigenvalue weighted by Crippen LogP contribution is -2.66. The molecule has 0 unspecified atom stereocenters. The van der Waals surface area contributed by atoms with E-state index in [1.807, 2.05) is 6.20 Å². The first kappa shape index (κ1) is 23.9. The van der Waals surface area contributed by atoms with Gasteiger partial charge in [-0.25, -0.2) is 0 Å². The minimum atomic E-state index is -0.0869. The molecule has 4 heteroatoms. The molecule has 2 N–H and O–H groups in total. The molecule has 6 rings (SSSR count). The van der Waals surface area contributed by atoms with Crippen LogP contribution in [-0.2, 0) is 16.6 Å². The van der Waals surface area contributed by atoms with Crippen molar-refractivity contribution < 1.29 is 9.32 Å². The lowest BCUT2D eigenvalue weighted by Gasteiger charge is -2.70. The number of nitrogens with two attached hydrogens (primary N) is 1. The van der Waals surface area contributed by atoms with Crippen LogP contribution in [0.4, 0.5) is 0 Å². The number of carbonyl (C=O) groups excluding carboxylic acids is 1. The summed E-state index contributed by atoms with van der Waals surface area (Å²) in [4.78, 5) is 14.4. The van der Waals surface area contributed by atoms with Gasteiger partial charge in [0.1, 0.15) is 5.76 Å². The average Bonchev–Trinajstić information content (AvgIpc) is 3.27. The van der Waals surface area contributed by atoms with Gasteiger partial charge in [0.05, 0.1) is 6.20 Å². The molecule has 0 spiro atoms. The van der Waals surface area contributed by atoms with Crippen molar-refractivity contribution in [1.29, 1.82) is 0 Å². The molecule has 5 aliphatic carbocycles. The zero-order valence-electron chi connectivity index (χ0n) is 23.0. The van der Waals surface area contributed by atoms with Crippen LogP contribution in [0.1, 0.15) is 98.3 Å². The van der Waals surface area contributed by atoms with Crippen LogP contribution in [0, 0.1) is 51.2 Å². The van der Waals surface area contributed by atoms with Gasteiger partial charge in [0.25, 0.3) is 0 Å². The Labute approximate surface area is 211 Å². The number of rotatable bonds is 1. The van der Waals surface area contributed by atoms with E-state index in [1.54, 1.807) is 0 Å². The quantitative estimate of drug-likeness (QED) is 0.501. The van der Waals surface area contributed by atoms with E-state index in [-0.39, 0.29) is 33.0 Å². The second kappa shape index (κ2) is 7.11. The van der Waals surface area contributed by atoms with Crippen LogP contribution >= 0.6 is 0 Å². The summed E-state index contributed by atoms with van der Waals surface area (Å²) in [7, 11) is 0. The number of hydrogen-bond donors (Lipinski definition) is 1. The number of ketones is 1. The van der Waals surface area contributed by atoms with Crippen molar-refractivity contribution in [3.05, 3.63) is 29.2 Å². The summed E-state index contributed by atoms with van der Waals surface area (Å²) < 4.78 is 5.81. The third-order valence-electron chi connectivity index (χ3n) is 13.3.